The van der Waals surface area contributed by atoms with Crippen LogP contribution in [0.1, 0.15) is 296 Å². The average Bonchev–Trinajstić information content (AvgIpc) is 3.25. The molecule has 0 aromatic rings. The smallest absolute Gasteiger partial charge is 0.305 e. The first-order valence-corrected chi connectivity index (χ1v) is 26.9. The Morgan fingerprint density at radius 2 is 0.783 bits per heavy atom. The van der Waals surface area contributed by atoms with Gasteiger partial charge in [-0.3, -0.25) is 9.59 Å². The molecule has 6 heteroatoms. The van der Waals surface area contributed by atoms with Gasteiger partial charge in [-0.05, 0) is 51.4 Å². The minimum Gasteiger partial charge on any atom is -0.466 e. The summed E-state index contributed by atoms with van der Waals surface area (Å²) < 4.78 is 5.45. The van der Waals surface area contributed by atoms with Crippen LogP contribution in [0, 0.1) is 0 Å². The zero-order chi connectivity index (χ0) is 43.7. The fraction of sp³-hybridized carbons (Fsp3) is 0.926. The summed E-state index contributed by atoms with van der Waals surface area (Å²) in [6.07, 6.45) is 57.5. The van der Waals surface area contributed by atoms with Crippen molar-refractivity contribution in [2.75, 3.05) is 13.2 Å². The predicted molar refractivity (Wildman–Crippen MR) is 260 cm³/mol. The summed E-state index contributed by atoms with van der Waals surface area (Å²) in [6.45, 7) is 4.91. The maximum atomic E-state index is 12.5. The first-order chi connectivity index (χ1) is 29.5. The highest BCUT2D eigenvalue weighted by Gasteiger charge is 2.20. The average molecular weight is 848 g/mol. The highest BCUT2D eigenvalue weighted by atomic mass is 16.5. The number of allylic oxidation sites excluding steroid dienone is 2. The van der Waals surface area contributed by atoms with Gasteiger partial charge in [-0.1, -0.05) is 244 Å². The third kappa shape index (κ3) is 46.1. The minimum absolute atomic E-state index is 0.0149. The van der Waals surface area contributed by atoms with E-state index in [1.54, 1.807) is 0 Å². The first kappa shape index (κ1) is 58.6. The number of ether oxygens (including phenoxy) is 1. The summed E-state index contributed by atoms with van der Waals surface area (Å²) in [7, 11) is 0. The molecular weight excluding hydrogens is 743 g/mol. The molecule has 0 aliphatic rings. The van der Waals surface area contributed by atoms with Crippen molar-refractivity contribution in [1.82, 2.24) is 5.32 Å². The molecule has 356 valence electrons. The number of rotatable bonds is 50. The standard InChI is InChI=1S/C54H105NO5/c1-3-5-7-9-11-13-15-17-18-19-20-21-23-26-30-34-38-42-46-52(57)51(50-56)55-53(58)47-43-39-35-31-27-24-22-25-29-33-37-41-45-49-60-54(59)48-44-40-36-32-28-16-14-12-10-8-6-4-2/h12,14,51-52,56-57H,3-11,13,15-50H2,1-2H3,(H,55,58)/b14-12-. The number of aliphatic hydroxyl groups excluding tert-OH is 2. The van der Waals surface area contributed by atoms with Crippen molar-refractivity contribution in [3.05, 3.63) is 12.2 Å². The molecule has 0 spiro atoms. The zero-order valence-electron chi connectivity index (χ0n) is 40.5. The van der Waals surface area contributed by atoms with Crippen molar-refractivity contribution in [1.29, 1.82) is 0 Å². The molecule has 0 aliphatic heterocycles. The molecule has 1 amide bonds. The maximum absolute atomic E-state index is 12.5. The van der Waals surface area contributed by atoms with E-state index in [-0.39, 0.29) is 18.5 Å². The molecule has 0 aromatic carbocycles. The highest BCUT2D eigenvalue weighted by Crippen LogP contribution is 2.17. The molecule has 0 bridgehead atoms. The molecule has 0 rings (SSSR count). The SMILES string of the molecule is CCCCC/C=C\CCCCCCCC(=O)OCCCCCCCCCCCCCCCC(=O)NC(CO)C(O)CCCCCCCCCCCCCCCCCCCC. The van der Waals surface area contributed by atoms with Gasteiger partial charge in [0, 0.05) is 12.8 Å². The number of hydrogen-bond donors (Lipinski definition) is 3. The Kier molecular flexibility index (Phi) is 49.1. The van der Waals surface area contributed by atoms with Crippen LogP contribution in [-0.4, -0.2) is 47.4 Å². The van der Waals surface area contributed by atoms with Gasteiger partial charge in [0.05, 0.1) is 25.4 Å². The van der Waals surface area contributed by atoms with Crippen LogP contribution in [0.2, 0.25) is 0 Å². The van der Waals surface area contributed by atoms with E-state index in [4.69, 9.17) is 4.74 Å². The largest absolute Gasteiger partial charge is 0.466 e. The number of amides is 1. The molecule has 0 radical (unpaired) electrons. The van der Waals surface area contributed by atoms with E-state index in [2.05, 4.69) is 31.3 Å². The number of nitrogens with one attached hydrogen (secondary N) is 1. The highest BCUT2D eigenvalue weighted by molar-refractivity contribution is 5.76. The molecule has 0 heterocycles. The van der Waals surface area contributed by atoms with Gasteiger partial charge in [-0.15, -0.1) is 0 Å². The molecule has 3 N–H and O–H groups in total. The quantitative estimate of drug-likeness (QED) is 0.0322. The van der Waals surface area contributed by atoms with Crippen LogP contribution in [0.25, 0.3) is 0 Å². The lowest BCUT2D eigenvalue weighted by Crippen LogP contribution is -2.45. The normalized spacial score (nSPS) is 12.7. The lowest BCUT2D eigenvalue weighted by Gasteiger charge is -2.22. The fourth-order valence-corrected chi connectivity index (χ4v) is 8.40. The number of esters is 1. The van der Waals surface area contributed by atoms with E-state index in [1.807, 2.05) is 0 Å². The van der Waals surface area contributed by atoms with Gasteiger partial charge >= 0.3 is 5.97 Å². The molecule has 0 aromatic heterocycles. The van der Waals surface area contributed by atoms with Gasteiger partial charge in [0.1, 0.15) is 0 Å². The summed E-state index contributed by atoms with van der Waals surface area (Å²) >= 11 is 0. The summed E-state index contributed by atoms with van der Waals surface area (Å²) in [5.41, 5.74) is 0. The summed E-state index contributed by atoms with van der Waals surface area (Å²) in [6, 6.07) is -0.551. The number of carbonyl (C=O) groups is 2. The Labute approximate surface area is 374 Å². The van der Waals surface area contributed by atoms with E-state index in [0.717, 1.165) is 51.4 Å². The lowest BCUT2D eigenvalue weighted by molar-refractivity contribution is -0.143. The Morgan fingerprint density at radius 1 is 0.450 bits per heavy atom. The third-order valence-corrected chi connectivity index (χ3v) is 12.6. The van der Waals surface area contributed by atoms with Crippen molar-refractivity contribution in [3.8, 4) is 0 Å². The predicted octanol–water partition coefficient (Wildman–Crippen LogP) is 16.1. The van der Waals surface area contributed by atoms with Crippen LogP contribution in [0.3, 0.4) is 0 Å². The van der Waals surface area contributed by atoms with Crippen LogP contribution in [0.15, 0.2) is 12.2 Å². The van der Waals surface area contributed by atoms with Gasteiger partial charge in [0.25, 0.3) is 0 Å². The second-order valence-corrected chi connectivity index (χ2v) is 18.6. The van der Waals surface area contributed by atoms with Crippen LogP contribution in [-0.2, 0) is 14.3 Å². The molecule has 0 saturated carbocycles. The van der Waals surface area contributed by atoms with Gasteiger partial charge in [-0.25, -0.2) is 0 Å². The molecule has 0 fully saturated rings. The van der Waals surface area contributed by atoms with Gasteiger partial charge in [0.15, 0.2) is 0 Å². The Balaban J connectivity index is 3.46. The molecule has 2 atom stereocenters. The van der Waals surface area contributed by atoms with Crippen LogP contribution >= 0.6 is 0 Å². The maximum Gasteiger partial charge on any atom is 0.305 e. The van der Waals surface area contributed by atoms with E-state index < -0.39 is 12.1 Å². The van der Waals surface area contributed by atoms with Gasteiger partial charge in [-0.2, -0.15) is 0 Å². The number of hydrogen-bond acceptors (Lipinski definition) is 5. The summed E-state index contributed by atoms with van der Waals surface area (Å²) in [5.74, 6) is -0.0609. The Morgan fingerprint density at radius 3 is 1.22 bits per heavy atom. The first-order valence-electron chi connectivity index (χ1n) is 26.9. The second-order valence-electron chi connectivity index (χ2n) is 18.6. The Hall–Kier alpha value is -1.40. The van der Waals surface area contributed by atoms with Crippen LogP contribution < -0.4 is 5.32 Å². The summed E-state index contributed by atoms with van der Waals surface area (Å²) in [4.78, 5) is 24.5. The number of unbranched alkanes of at least 4 members (excludes halogenated alkanes) is 37. The van der Waals surface area contributed by atoms with Crippen molar-refractivity contribution >= 4 is 11.9 Å². The monoisotopic (exact) mass is 848 g/mol. The summed E-state index contributed by atoms with van der Waals surface area (Å²) in [5, 5.41) is 23.3. The van der Waals surface area contributed by atoms with E-state index in [1.165, 1.54) is 212 Å². The minimum atomic E-state index is -0.672. The fourth-order valence-electron chi connectivity index (χ4n) is 8.40. The van der Waals surface area contributed by atoms with Crippen LogP contribution in [0.4, 0.5) is 0 Å². The topological polar surface area (TPSA) is 95.9 Å². The molecular formula is C54H105NO5. The lowest BCUT2D eigenvalue weighted by atomic mass is 10.0. The molecule has 2 unspecified atom stereocenters. The van der Waals surface area contributed by atoms with Crippen molar-refractivity contribution in [2.45, 2.75) is 309 Å². The Bertz CT molecular complexity index is 893. The van der Waals surface area contributed by atoms with Gasteiger partial charge in [0.2, 0.25) is 5.91 Å². The zero-order valence-corrected chi connectivity index (χ0v) is 40.5. The number of carbonyl (C=O) groups excluding carboxylic acids is 2. The van der Waals surface area contributed by atoms with Gasteiger partial charge < -0.3 is 20.3 Å². The molecule has 0 aliphatic carbocycles. The molecule has 6 nitrogen and oxygen atoms in total. The van der Waals surface area contributed by atoms with Crippen molar-refractivity contribution in [3.63, 3.8) is 0 Å². The van der Waals surface area contributed by atoms with Crippen molar-refractivity contribution in [2.24, 2.45) is 0 Å². The van der Waals surface area contributed by atoms with E-state index in [9.17, 15) is 19.8 Å². The molecule has 60 heavy (non-hydrogen) atoms. The van der Waals surface area contributed by atoms with Crippen molar-refractivity contribution < 1.29 is 24.5 Å². The van der Waals surface area contributed by atoms with E-state index in [0.29, 0.717) is 25.9 Å². The second kappa shape index (κ2) is 50.2. The van der Waals surface area contributed by atoms with E-state index >= 15 is 0 Å². The molecule has 0 saturated heterocycles. The number of aliphatic hydroxyl groups is 2. The van der Waals surface area contributed by atoms with Crippen LogP contribution in [0.5, 0.6) is 0 Å². The third-order valence-electron chi connectivity index (χ3n) is 12.6.